The van der Waals surface area contributed by atoms with Gasteiger partial charge in [-0.1, -0.05) is 77.0 Å². The zero-order valence-electron chi connectivity index (χ0n) is 36.8. The van der Waals surface area contributed by atoms with Crippen LogP contribution >= 0.6 is 12.6 Å². The molecule has 4 amide bonds. The van der Waals surface area contributed by atoms with Crippen molar-refractivity contribution >= 4 is 53.3 Å². The summed E-state index contributed by atoms with van der Waals surface area (Å²) in [6.45, 7) is 1.33. The molecule has 16 nitrogen and oxygen atoms in total. The van der Waals surface area contributed by atoms with Crippen LogP contribution in [0.1, 0.15) is 173 Å². The summed E-state index contributed by atoms with van der Waals surface area (Å²) >= 11 is 3.86. The summed E-state index contributed by atoms with van der Waals surface area (Å²) in [6.07, 6.45) is 21.5. The molecule has 17 heteroatoms. The Hall–Kier alpha value is -3.28. The smallest absolute Gasteiger partial charge is 0.326 e. The second-order valence-electron chi connectivity index (χ2n) is 15.9. The predicted octanol–water partition coefficient (Wildman–Crippen LogP) is 4.48. The number of nitrogens with two attached hydrogens (primary N) is 1. The standard InChI is InChI=1S/C43H81N7O9S/c1-45-34(41(56)49-32-22-19-25-36(46-2)43(59)60)24-18-21-31-48-40(55)33(44)23-17-20-30-47-37(51)29-28-35(42(57)58)50-38(52)26-15-13-11-9-7-5-3-4-6-8-10-12-14-16-27-39(53)54/h33-36,45-46H,3-32,44H2,1-2H3,(H,47,51)(H,48,55)(H,49,56)(H,50,52)(H,53,54)(H,57,58)(H,59,60)/t33-,34?,35?,36?/m0/s1. The third kappa shape index (κ3) is 33.4. The molecule has 0 aromatic rings. The fourth-order valence-electron chi connectivity index (χ4n) is 6.84. The Kier molecular flexibility index (Phi) is 36.5. The van der Waals surface area contributed by atoms with Crippen LogP contribution in [0.25, 0.3) is 0 Å². The Morgan fingerprint density at radius 1 is 0.467 bits per heavy atom. The summed E-state index contributed by atoms with van der Waals surface area (Å²) in [4.78, 5) is 83.2. The molecule has 0 aromatic carbocycles. The lowest BCUT2D eigenvalue weighted by Crippen LogP contribution is -2.43. The topological polar surface area (TPSA) is 258 Å². The number of carboxylic acid groups (broad SMARTS) is 2. The number of carbonyl (C=O) groups excluding carboxylic acids is 5. The fourth-order valence-corrected chi connectivity index (χ4v) is 7.10. The number of likely N-dealkylation sites (N-methyl/N-ethyl adjacent to an activating group) is 2. The Balaban J connectivity index is 3.93. The minimum atomic E-state index is -1.17. The van der Waals surface area contributed by atoms with Crippen molar-refractivity contribution in [3.63, 3.8) is 0 Å². The molecule has 348 valence electrons. The Bertz CT molecular complexity index is 1210. The third-order valence-electron chi connectivity index (χ3n) is 10.7. The van der Waals surface area contributed by atoms with Crippen molar-refractivity contribution in [3.05, 3.63) is 0 Å². The van der Waals surface area contributed by atoms with Gasteiger partial charge in [-0.05, 0) is 91.1 Å². The number of thiol groups is 1. The first-order valence-corrected chi connectivity index (χ1v) is 23.2. The maximum absolute atomic E-state index is 12.5. The molecule has 60 heavy (non-hydrogen) atoms. The van der Waals surface area contributed by atoms with Crippen molar-refractivity contribution in [2.24, 2.45) is 5.73 Å². The number of carboxylic acids is 2. The Labute approximate surface area is 365 Å². The van der Waals surface area contributed by atoms with E-state index in [1.807, 2.05) is 0 Å². The van der Waals surface area contributed by atoms with Crippen LogP contribution in [-0.4, -0.2) is 109 Å². The number of hydrogen-bond acceptors (Lipinski definition) is 10. The van der Waals surface area contributed by atoms with E-state index >= 15 is 0 Å². The van der Waals surface area contributed by atoms with Gasteiger partial charge in [-0.25, -0.2) is 4.79 Å². The number of hydrogen-bond donors (Lipinski definition) is 10. The maximum Gasteiger partial charge on any atom is 0.326 e. The molecule has 0 saturated carbocycles. The quantitative estimate of drug-likeness (QED) is 0.0301. The van der Waals surface area contributed by atoms with Crippen molar-refractivity contribution in [1.29, 1.82) is 0 Å². The molecule has 0 aliphatic heterocycles. The molecule has 0 heterocycles. The number of carbonyl (C=O) groups is 7. The van der Waals surface area contributed by atoms with Gasteiger partial charge in [0.2, 0.25) is 28.7 Å². The Morgan fingerprint density at radius 2 is 0.900 bits per heavy atom. The van der Waals surface area contributed by atoms with Crippen LogP contribution in [0.3, 0.4) is 0 Å². The first kappa shape index (κ1) is 56.7. The molecule has 0 radical (unpaired) electrons. The minimum Gasteiger partial charge on any atom is -0.481 e. The van der Waals surface area contributed by atoms with Crippen LogP contribution in [0.2, 0.25) is 0 Å². The van der Waals surface area contributed by atoms with Gasteiger partial charge in [-0.2, -0.15) is 0 Å². The SMILES string of the molecule is CNC(CCCCNC(=O)C(CCCCNC(=O)[C@@H](N)CCCCNC(=O)CCC(NC(=O)CCCCCCCCCCCCCCCCC(=O)O)C(=O)O)NC)C(=O)S. The number of amides is 4. The van der Waals surface area contributed by atoms with Gasteiger partial charge < -0.3 is 47.8 Å². The van der Waals surface area contributed by atoms with Crippen LogP contribution in [0.4, 0.5) is 0 Å². The molecule has 0 fully saturated rings. The molecular formula is C43H81N7O9S. The van der Waals surface area contributed by atoms with E-state index in [0.29, 0.717) is 64.6 Å². The molecule has 0 aliphatic carbocycles. The fraction of sp³-hybridized carbons (Fsp3) is 0.837. The highest BCUT2D eigenvalue weighted by Gasteiger charge is 2.21. The highest BCUT2D eigenvalue weighted by Crippen LogP contribution is 2.14. The summed E-state index contributed by atoms with van der Waals surface area (Å²) in [7, 11) is 3.46. The first-order valence-electron chi connectivity index (χ1n) is 22.7. The van der Waals surface area contributed by atoms with Crippen molar-refractivity contribution in [3.8, 4) is 0 Å². The summed E-state index contributed by atoms with van der Waals surface area (Å²) in [5, 5.41) is 35.1. The molecule has 0 spiro atoms. The van der Waals surface area contributed by atoms with Crippen LogP contribution in [-0.2, 0) is 33.6 Å². The maximum atomic E-state index is 12.5. The van der Waals surface area contributed by atoms with E-state index in [9.17, 15) is 38.7 Å². The van der Waals surface area contributed by atoms with E-state index in [0.717, 1.165) is 57.8 Å². The first-order chi connectivity index (χ1) is 28.8. The van der Waals surface area contributed by atoms with E-state index in [-0.39, 0.29) is 66.5 Å². The van der Waals surface area contributed by atoms with E-state index in [1.165, 1.54) is 44.9 Å². The van der Waals surface area contributed by atoms with Gasteiger partial charge in [0.25, 0.3) is 0 Å². The molecule has 0 aromatic heterocycles. The van der Waals surface area contributed by atoms with Gasteiger partial charge in [0.05, 0.1) is 18.1 Å². The van der Waals surface area contributed by atoms with Crippen molar-refractivity contribution in [1.82, 2.24) is 31.9 Å². The second-order valence-corrected chi connectivity index (χ2v) is 16.3. The van der Waals surface area contributed by atoms with E-state index in [2.05, 4.69) is 44.5 Å². The number of unbranched alkanes of at least 4 members (excludes halogenated alkanes) is 16. The van der Waals surface area contributed by atoms with Crippen LogP contribution in [0, 0.1) is 0 Å². The van der Waals surface area contributed by atoms with E-state index in [1.54, 1.807) is 14.1 Å². The minimum absolute atomic E-state index is 0.00657. The predicted molar refractivity (Wildman–Crippen MR) is 239 cm³/mol. The van der Waals surface area contributed by atoms with Gasteiger partial charge in [0, 0.05) is 38.9 Å². The molecule has 10 N–H and O–H groups in total. The van der Waals surface area contributed by atoms with Gasteiger partial charge >= 0.3 is 11.9 Å². The molecule has 4 atom stereocenters. The zero-order chi connectivity index (χ0) is 44.8. The van der Waals surface area contributed by atoms with Crippen LogP contribution in [0.5, 0.6) is 0 Å². The van der Waals surface area contributed by atoms with E-state index < -0.39 is 24.0 Å². The molecule has 0 rings (SSSR count). The monoisotopic (exact) mass is 872 g/mol. The van der Waals surface area contributed by atoms with Gasteiger partial charge in [-0.3, -0.25) is 28.8 Å². The number of aliphatic carboxylic acids is 2. The van der Waals surface area contributed by atoms with Gasteiger partial charge in [0.1, 0.15) is 6.04 Å². The summed E-state index contributed by atoms with van der Waals surface area (Å²) in [6, 6.07) is -2.43. The van der Waals surface area contributed by atoms with Gasteiger partial charge in [-0.15, -0.1) is 12.6 Å². The van der Waals surface area contributed by atoms with Crippen molar-refractivity contribution < 1.29 is 43.8 Å². The summed E-state index contributed by atoms with van der Waals surface area (Å²) in [5.41, 5.74) is 6.05. The largest absolute Gasteiger partial charge is 0.481 e. The molecular weight excluding hydrogens is 791 g/mol. The number of nitrogens with one attached hydrogen (secondary N) is 6. The molecule has 0 saturated heterocycles. The average molecular weight is 872 g/mol. The number of rotatable bonds is 42. The second kappa shape index (κ2) is 38.6. The lowest BCUT2D eigenvalue weighted by Gasteiger charge is -2.17. The van der Waals surface area contributed by atoms with Crippen LogP contribution in [0.15, 0.2) is 0 Å². The normalized spacial score (nSPS) is 13.1. The summed E-state index contributed by atoms with van der Waals surface area (Å²) < 4.78 is 0. The highest BCUT2D eigenvalue weighted by atomic mass is 32.1. The molecule has 3 unspecified atom stereocenters. The Morgan fingerprint density at radius 3 is 1.37 bits per heavy atom. The lowest BCUT2D eigenvalue weighted by molar-refractivity contribution is -0.142. The zero-order valence-corrected chi connectivity index (χ0v) is 37.7. The van der Waals surface area contributed by atoms with Crippen LogP contribution < -0.4 is 37.6 Å². The van der Waals surface area contributed by atoms with E-state index in [4.69, 9.17) is 10.8 Å². The average Bonchev–Trinajstić information content (AvgIpc) is 3.21. The molecule has 0 aliphatic rings. The lowest BCUT2D eigenvalue weighted by atomic mass is 10.0. The van der Waals surface area contributed by atoms with Crippen molar-refractivity contribution in [2.45, 2.75) is 198 Å². The van der Waals surface area contributed by atoms with Crippen molar-refractivity contribution in [2.75, 3.05) is 33.7 Å². The third-order valence-corrected chi connectivity index (χ3v) is 11.0. The molecule has 0 bridgehead atoms. The van der Waals surface area contributed by atoms with Gasteiger partial charge in [0.15, 0.2) is 0 Å². The highest BCUT2D eigenvalue weighted by molar-refractivity contribution is 7.96. The summed E-state index contributed by atoms with van der Waals surface area (Å²) in [5.74, 6) is -2.84.